The zero-order chi connectivity index (χ0) is 11.3. The van der Waals surface area contributed by atoms with Crippen LogP contribution in [-0.4, -0.2) is 23.5 Å². The summed E-state index contributed by atoms with van der Waals surface area (Å²) in [6.07, 6.45) is 0.583. The minimum Gasteiger partial charge on any atom is -0.474 e. The molecule has 1 rings (SSSR count). The molecule has 1 aromatic rings. The molecule has 0 spiro atoms. The number of rotatable bonds is 3. The molecule has 1 aromatic carbocycles. The number of anilines is 1. The highest BCUT2D eigenvalue weighted by molar-refractivity contribution is 6.31. The number of carbonyl (C=O) groups excluding carboxylic acids is 1. The highest BCUT2D eigenvalue weighted by atomic mass is 16.4. The average Bonchev–Trinajstić information content (AvgIpc) is 2.20. The number of nitrogens with one attached hydrogen (secondary N) is 1. The van der Waals surface area contributed by atoms with E-state index in [0.717, 1.165) is 5.56 Å². The third-order valence-corrected chi connectivity index (χ3v) is 1.87. The number of carboxylic acid groups (broad SMARTS) is 1. The van der Waals surface area contributed by atoms with E-state index in [2.05, 4.69) is 5.32 Å². The van der Waals surface area contributed by atoms with Crippen molar-refractivity contribution in [3.63, 3.8) is 0 Å². The van der Waals surface area contributed by atoms with E-state index >= 15 is 0 Å². The van der Waals surface area contributed by atoms with E-state index in [1.807, 2.05) is 12.1 Å². The summed E-state index contributed by atoms with van der Waals surface area (Å²) in [6, 6.07) is 7.19. The van der Waals surface area contributed by atoms with Crippen molar-refractivity contribution in [1.82, 2.24) is 5.32 Å². The maximum absolute atomic E-state index is 10.7. The van der Waals surface area contributed by atoms with E-state index in [4.69, 9.17) is 10.8 Å². The van der Waals surface area contributed by atoms with E-state index in [1.54, 1.807) is 12.1 Å². The first-order chi connectivity index (χ1) is 7.09. The van der Waals surface area contributed by atoms with E-state index < -0.39 is 11.9 Å². The van der Waals surface area contributed by atoms with Gasteiger partial charge in [-0.1, -0.05) is 12.1 Å². The van der Waals surface area contributed by atoms with Crippen LogP contribution < -0.4 is 11.1 Å². The van der Waals surface area contributed by atoms with Crippen molar-refractivity contribution >= 4 is 17.6 Å². The molecule has 0 atom stereocenters. The van der Waals surface area contributed by atoms with Crippen LogP contribution in [-0.2, 0) is 16.0 Å². The summed E-state index contributed by atoms with van der Waals surface area (Å²) < 4.78 is 0. The van der Waals surface area contributed by atoms with Gasteiger partial charge in [-0.2, -0.15) is 0 Å². The lowest BCUT2D eigenvalue weighted by atomic mass is 10.1. The minimum atomic E-state index is -1.47. The van der Waals surface area contributed by atoms with Crippen molar-refractivity contribution in [3.8, 4) is 0 Å². The number of nitrogens with two attached hydrogens (primary N) is 1. The first-order valence-corrected chi connectivity index (χ1v) is 4.45. The van der Waals surface area contributed by atoms with Gasteiger partial charge < -0.3 is 16.2 Å². The second kappa shape index (κ2) is 4.99. The SMILES string of the molecule is Nc1ccc(CCNC(=O)C(=O)O)cc1. The highest BCUT2D eigenvalue weighted by Crippen LogP contribution is 2.05. The van der Waals surface area contributed by atoms with Gasteiger partial charge in [0, 0.05) is 12.2 Å². The van der Waals surface area contributed by atoms with Crippen LogP contribution in [0.25, 0.3) is 0 Å². The smallest absolute Gasteiger partial charge is 0.394 e. The van der Waals surface area contributed by atoms with Crippen molar-refractivity contribution in [2.24, 2.45) is 0 Å². The fraction of sp³-hybridized carbons (Fsp3) is 0.200. The molecular formula is C10H12N2O3. The minimum absolute atomic E-state index is 0.301. The summed E-state index contributed by atoms with van der Waals surface area (Å²) in [4.78, 5) is 20.8. The predicted octanol–water partition coefficient (Wildman–Crippen LogP) is 0.0121. The van der Waals surface area contributed by atoms with E-state index in [-0.39, 0.29) is 0 Å². The number of carboxylic acids is 1. The molecular weight excluding hydrogens is 196 g/mol. The number of benzene rings is 1. The van der Waals surface area contributed by atoms with Crippen molar-refractivity contribution in [1.29, 1.82) is 0 Å². The fourth-order valence-electron chi connectivity index (χ4n) is 1.08. The summed E-state index contributed by atoms with van der Waals surface area (Å²) in [5.41, 5.74) is 7.17. The Morgan fingerprint density at radius 2 is 1.87 bits per heavy atom. The molecule has 0 fully saturated rings. The molecule has 0 saturated heterocycles. The lowest BCUT2D eigenvalue weighted by Gasteiger charge is -2.02. The molecule has 0 unspecified atom stereocenters. The van der Waals surface area contributed by atoms with Crippen LogP contribution in [0.3, 0.4) is 0 Å². The largest absolute Gasteiger partial charge is 0.474 e. The van der Waals surface area contributed by atoms with Gasteiger partial charge in [-0.15, -0.1) is 0 Å². The van der Waals surface area contributed by atoms with Crippen LogP contribution in [0.2, 0.25) is 0 Å². The molecule has 1 amide bonds. The first-order valence-electron chi connectivity index (χ1n) is 4.45. The van der Waals surface area contributed by atoms with Gasteiger partial charge in [0.05, 0.1) is 0 Å². The summed E-state index contributed by atoms with van der Waals surface area (Å²) in [6.45, 7) is 0.301. The number of hydrogen-bond donors (Lipinski definition) is 3. The Balaban J connectivity index is 2.35. The van der Waals surface area contributed by atoms with Crippen LogP contribution in [0.1, 0.15) is 5.56 Å². The van der Waals surface area contributed by atoms with Crippen LogP contribution in [0.15, 0.2) is 24.3 Å². The Bertz CT molecular complexity index is 359. The third kappa shape index (κ3) is 3.68. The lowest BCUT2D eigenvalue weighted by Crippen LogP contribution is -2.32. The number of hydrogen-bond acceptors (Lipinski definition) is 3. The van der Waals surface area contributed by atoms with Crippen molar-refractivity contribution in [2.75, 3.05) is 12.3 Å². The topological polar surface area (TPSA) is 92.4 Å². The van der Waals surface area contributed by atoms with E-state index in [0.29, 0.717) is 18.7 Å². The van der Waals surface area contributed by atoms with Gasteiger partial charge in [-0.25, -0.2) is 4.79 Å². The Labute approximate surface area is 86.9 Å². The second-order valence-electron chi connectivity index (χ2n) is 3.05. The molecule has 4 N–H and O–H groups in total. The Morgan fingerprint density at radius 1 is 1.27 bits per heavy atom. The molecule has 0 aromatic heterocycles. The highest BCUT2D eigenvalue weighted by Gasteiger charge is 2.08. The standard InChI is InChI=1S/C10H12N2O3/c11-8-3-1-7(2-4-8)5-6-12-9(13)10(14)15/h1-4H,5-6,11H2,(H,12,13)(H,14,15). The second-order valence-corrected chi connectivity index (χ2v) is 3.05. The van der Waals surface area contributed by atoms with Gasteiger partial charge >= 0.3 is 11.9 Å². The zero-order valence-electron chi connectivity index (χ0n) is 8.06. The van der Waals surface area contributed by atoms with Crippen LogP contribution >= 0.6 is 0 Å². The van der Waals surface area contributed by atoms with Gasteiger partial charge in [0.1, 0.15) is 0 Å². The van der Waals surface area contributed by atoms with Crippen molar-refractivity contribution < 1.29 is 14.7 Å². The molecule has 0 aliphatic rings. The van der Waals surface area contributed by atoms with Crippen LogP contribution in [0.4, 0.5) is 5.69 Å². The van der Waals surface area contributed by atoms with Gasteiger partial charge in [0.25, 0.3) is 0 Å². The number of aliphatic carboxylic acids is 1. The molecule has 0 saturated carbocycles. The zero-order valence-corrected chi connectivity index (χ0v) is 8.06. The molecule has 80 valence electrons. The van der Waals surface area contributed by atoms with Gasteiger partial charge in [0.2, 0.25) is 0 Å². The van der Waals surface area contributed by atoms with Gasteiger partial charge in [-0.05, 0) is 24.1 Å². The van der Waals surface area contributed by atoms with E-state index in [1.165, 1.54) is 0 Å². The van der Waals surface area contributed by atoms with Crippen LogP contribution in [0, 0.1) is 0 Å². The molecule has 0 aliphatic heterocycles. The van der Waals surface area contributed by atoms with Crippen molar-refractivity contribution in [2.45, 2.75) is 6.42 Å². The van der Waals surface area contributed by atoms with Crippen molar-refractivity contribution in [3.05, 3.63) is 29.8 Å². The fourth-order valence-corrected chi connectivity index (χ4v) is 1.08. The summed E-state index contributed by atoms with van der Waals surface area (Å²) in [5, 5.41) is 10.6. The summed E-state index contributed by atoms with van der Waals surface area (Å²) in [5.74, 6) is -2.45. The molecule has 0 aliphatic carbocycles. The summed E-state index contributed by atoms with van der Waals surface area (Å²) in [7, 11) is 0. The van der Waals surface area contributed by atoms with Crippen LogP contribution in [0.5, 0.6) is 0 Å². The Morgan fingerprint density at radius 3 is 2.40 bits per heavy atom. The molecule has 5 heteroatoms. The number of carbonyl (C=O) groups is 2. The normalized spacial score (nSPS) is 9.60. The Kier molecular flexibility index (Phi) is 3.68. The average molecular weight is 208 g/mol. The molecule has 0 radical (unpaired) electrons. The predicted molar refractivity (Wildman–Crippen MR) is 55.2 cm³/mol. The maximum atomic E-state index is 10.7. The molecule has 0 bridgehead atoms. The van der Waals surface area contributed by atoms with Gasteiger partial charge in [-0.3, -0.25) is 4.79 Å². The third-order valence-electron chi connectivity index (χ3n) is 1.87. The maximum Gasteiger partial charge on any atom is 0.394 e. The molecule has 15 heavy (non-hydrogen) atoms. The monoisotopic (exact) mass is 208 g/mol. The number of nitrogen functional groups attached to an aromatic ring is 1. The Hall–Kier alpha value is -2.04. The lowest BCUT2D eigenvalue weighted by molar-refractivity contribution is -0.150. The first kappa shape index (κ1) is 11.0. The summed E-state index contributed by atoms with van der Waals surface area (Å²) >= 11 is 0. The quantitative estimate of drug-likeness (QED) is 0.482. The van der Waals surface area contributed by atoms with E-state index in [9.17, 15) is 9.59 Å². The molecule has 0 heterocycles. The molecule has 5 nitrogen and oxygen atoms in total. The number of amides is 1. The van der Waals surface area contributed by atoms with Gasteiger partial charge in [0.15, 0.2) is 0 Å².